The van der Waals surface area contributed by atoms with Crippen molar-refractivity contribution in [1.82, 2.24) is 14.4 Å². The van der Waals surface area contributed by atoms with Crippen LogP contribution in [0.3, 0.4) is 0 Å². The smallest absolute Gasteiger partial charge is 0.139 e. The topological polar surface area (TPSA) is 30.2 Å². The summed E-state index contributed by atoms with van der Waals surface area (Å²) in [4.78, 5) is 7.95. The molecule has 0 saturated heterocycles. The third-order valence-electron chi connectivity index (χ3n) is 1.54. The van der Waals surface area contributed by atoms with Crippen molar-refractivity contribution in [3.63, 3.8) is 0 Å². The molecule has 0 bridgehead atoms. The number of hydrogen-bond acceptors (Lipinski definition) is 2. The SMILES string of the molecule is Cc1ccc2ncncn12. The van der Waals surface area contributed by atoms with E-state index in [4.69, 9.17) is 0 Å². The highest BCUT2D eigenvalue weighted by molar-refractivity contribution is 5.39. The van der Waals surface area contributed by atoms with Crippen LogP contribution in [-0.2, 0) is 0 Å². The van der Waals surface area contributed by atoms with Crippen LogP contribution in [0.1, 0.15) is 5.69 Å². The van der Waals surface area contributed by atoms with Crippen LogP contribution < -0.4 is 0 Å². The Hall–Kier alpha value is -1.38. The molecule has 0 aliphatic heterocycles. The van der Waals surface area contributed by atoms with E-state index in [1.807, 2.05) is 23.5 Å². The molecule has 2 rings (SSSR count). The van der Waals surface area contributed by atoms with Crippen molar-refractivity contribution in [3.05, 3.63) is 30.5 Å². The summed E-state index contributed by atoms with van der Waals surface area (Å²) < 4.78 is 1.94. The lowest BCUT2D eigenvalue weighted by atomic mass is 10.5. The Bertz CT molecular complexity index is 350. The maximum absolute atomic E-state index is 4.05. The number of aryl methyl sites for hydroxylation is 1. The van der Waals surface area contributed by atoms with Crippen LogP contribution in [-0.4, -0.2) is 14.4 Å². The van der Waals surface area contributed by atoms with E-state index in [0.717, 1.165) is 11.3 Å². The van der Waals surface area contributed by atoms with Gasteiger partial charge in [-0.3, -0.25) is 4.40 Å². The Balaban J connectivity index is 2.93. The van der Waals surface area contributed by atoms with Crippen LogP contribution in [0.2, 0.25) is 0 Å². The minimum Gasteiger partial charge on any atom is -0.289 e. The van der Waals surface area contributed by atoms with Crippen molar-refractivity contribution < 1.29 is 0 Å². The third kappa shape index (κ3) is 0.603. The highest BCUT2D eigenvalue weighted by atomic mass is 15.0. The Kier molecular flexibility index (Phi) is 0.974. The van der Waals surface area contributed by atoms with Gasteiger partial charge in [-0.25, -0.2) is 9.97 Å². The molecule has 3 nitrogen and oxygen atoms in total. The molecule has 0 unspecified atom stereocenters. The Labute approximate surface area is 58.4 Å². The second-order valence-corrected chi connectivity index (χ2v) is 2.21. The second kappa shape index (κ2) is 1.80. The van der Waals surface area contributed by atoms with Crippen molar-refractivity contribution in [2.24, 2.45) is 0 Å². The lowest BCUT2D eigenvalue weighted by Crippen LogP contribution is -1.89. The summed E-state index contributed by atoms with van der Waals surface area (Å²) in [6, 6.07) is 3.99. The van der Waals surface area contributed by atoms with Gasteiger partial charge in [0.2, 0.25) is 0 Å². The number of nitrogens with zero attached hydrogens (tertiary/aromatic N) is 3. The molecule has 50 valence electrons. The van der Waals surface area contributed by atoms with Gasteiger partial charge in [0.05, 0.1) is 0 Å². The molecule has 0 aliphatic rings. The van der Waals surface area contributed by atoms with E-state index in [0.29, 0.717) is 0 Å². The number of fused-ring (bicyclic) bond motifs is 1. The molecule has 0 aliphatic carbocycles. The number of hydrogen-bond donors (Lipinski definition) is 0. The molecule has 2 aromatic heterocycles. The van der Waals surface area contributed by atoms with E-state index < -0.39 is 0 Å². The molecular formula is C7H7N3. The van der Waals surface area contributed by atoms with Crippen LogP contribution in [0.15, 0.2) is 24.8 Å². The first-order valence-corrected chi connectivity index (χ1v) is 3.11. The average molecular weight is 133 g/mol. The summed E-state index contributed by atoms with van der Waals surface area (Å²) in [7, 11) is 0. The van der Waals surface area contributed by atoms with Gasteiger partial charge in [0, 0.05) is 5.69 Å². The third-order valence-corrected chi connectivity index (χ3v) is 1.54. The van der Waals surface area contributed by atoms with Crippen molar-refractivity contribution in [3.8, 4) is 0 Å². The molecule has 0 atom stereocenters. The maximum Gasteiger partial charge on any atom is 0.139 e. The standard InChI is InChI=1S/C7H7N3/c1-6-2-3-7-9-4-8-5-10(6)7/h2-5H,1H3. The van der Waals surface area contributed by atoms with E-state index in [9.17, 15) is 0 Å². The lowest BCUT2D eigenvalue weighted by molar-refractivity contribution is 0.990. The first kappa shape index (κ1) is 5.41. The molecule has 10 heavy (non-hydrogen) atoms. The summed E-state index contributed by atoms with van der Waals surface area (Å²) in [5.41, 5.74) is 2.11. The van der Waals surface area contributed by atoms with Crippen LogP contribution in [0, 0.1) is 6.92 Å². The fourth-order valence-electron chi connectivity index (χ4n) is 0.981. The van der Waals surface area contributed by atoms with Crippen LogP contribution >= 0.6 is 0 Å². The van der Waals surface area contributed by atoms with E-state index in [2.05, 4.69) is 9.97 Å². The average Bonchev–Trinajstić information content (AvgIpc) is 2.34. The van der Waals surface area contributed by atoms with Crippen molar-refractivity contribution >= 4 is 5.65 Å². The van der Waals surface area contributed by atoms with Crippen LogP contribution in [0.25, 0.3) is 5.65 Å². The summed E-state index contributed by atoms with van der Waals surface area (Å²) in [5.74, 6) is 0. The minimum absolute atomic E-state index is 0.951. The van der Waals surface area contributed by atoms with Gasteiger partial charge in [0.25, 0.3) is 0 Å². The van der Waals surface area contributed by atoms with Gasteiger partial charge < -0.3 is 0 Å². The molecule has 0 saturated carbocycles. The first-order valence-electron chi connectivity index (χ1n) is 3.11. The van der Waals surface area contributed by atoms with Gasteiger partial charge in [-0.1, -0.05) is 0 Å². The highest BCUT2D eigenvalue weighted by Crippen LogP contribution is 2.02. The molecule has 0 spiro atoms. The normalized spacial score (nSPS) is 10.5. The van der Waals surface area contributed by atoms with E-state index in [1.54, 1.807) is 12.7 Å². The largest absolute Gasteiger partial charge is 0.289 e. The zero-order valence-electron chi connectivity index (χ0n) is 5.65. The molecule has 0 fully saturated rings. The summed E-state index contributed by atoms with van der Waals surface area (Å²) in [6.45, 7) is 2.02. The number of aromatic nitrogens is 3. The van der Waals surface area contributed by atoms with Crippen LogP contribution in [0.5, 0.6) is 0 Å². The van der Waals surface area contributed by atoms with Gasteiger partial charge >= 0.3 is 0 Å². The first-order chi connectivity index (χ1) is 4.88. The number of rotatable bonds is 0. The highest BCUT2D eigenvalue weighted by Gasteiger charge is 1.93. The van der Waals surface area contributed by atoms with Crippen LogP contribution in [0.4, 0.5) is 0 Å². The molecule has 0 N–H and O–H groups in total. The van der Waals surface area contributed by atoms with E-state index in [1.165, 1.54) is 0 Å². The molecule has 0 amide bonds. The van der Waals surface area contributed by atoms with Crippen molar-refractivity contribution in [1.29, 1.82) is 0 Å². The van der Waals surface area contributed by atoms with Gasteiger partial charge in [-0.15, -0.1) is 0 Å². The molecule has 0 radical (unpaired) electrons. The van der Waals surface area contributed by atoms with Crippen molar-refractivity contribution in [2.75, 3.05) is 0 Å². The molecule has 0 aromatic carbocycles. The Morgan fingerprint density at radius 2 is 2.30 bits per heavy atom. The van der Waals surface area contributed by atoms with Gasteiger partial charge in [-0.05, 0) is 19.1 Å². The van der Waals surface area contributed by atoms with Gasteiger partial charge in [0.15, 0.2) is 0 Å². The summed E-state index contributed by atoms with van der Waals surface area (Å²) in [6.07, 6.45) is 3.31. The zero-order valence-corrected chi connectivity index (χ0v) is 5.65. The van der Waals surface area contributed by atoms with E-state index >= 15 is 0 Å². The zero-order chi connectivity index (χ0) is 6.97. The van der Waals surface area contributed by atoms with Gasteiger partial charge in [0.1, 0.15) is 18.3 Å². The maximum atomic E-state index is 4.05. The predicted octanol–water partition coefficient (Wildman–Crippen LogP) is 1.04. The van der Waals surface area contributed by atoms with Gasteiger partial charge in [-0.2, -0.15) is 0 Å². The van der Waals surface area contributed by atoms with Crippen molar-refractivity contribution in [2.45, 2.75) is 6.92 Å². The molecule has 2 aromatic rings. The molecule has 2 heterocycles. The fourth-order valence-corrected chi connectivity index (χ4v) is 0.981. The van der Waals surface area contributed by atoms with E-state index in [-0.39, 0.29) is 0 Å². The Morgan fingerprint density at radius 3 is 3.10 bits per heavy atom. The second-order valence-electron chi connectivity index (χ2n) is 2.21. The monoisotopic (exact) mass is 133 g/mol. The fraction of sp³-hybridized carbons (Fsp3) is 0.143. The summed E-state index contributed by atoms with van der Waals surface area (Å²) in [5, 5.41) is 0. The predicted molar refractivity (Wildman–Crippen MR) is 37.7 cm³/mol. The quantitative estimate of drug-likeness (QED) is 0.537. The minimum atomic E-state index is 0.951. The molecular weight excluding hydrogens is 126 g/mol. The molecule has 3 heteroatoms. The lowest BCUT2D eigenvalue weighted by Gasteiger charge is -1.91. The Morgan fingerprint density at radius 1 is 1.40 bits per heavy atom. The summed E-state index contributed by atoms with van der Waals surface area (Å²) >= 11 is 0.